The molecule has 1 amide bonds. The summed E-state index contributed by atoms with van der Waals surface area (Å²) < 4.78 is 58.4. The van der Waals surface area contributed by atoms with Crippen LogP contribution in [-0.4, -0.2) is 45.8 Å². The third-order valence-corrected chi connectivity index (χ3v) is 8.66. The number of ether oxygens (including phenoxy) is 1. The van der Waals surface area contributed by atoms with Crippen molar-refractivity contribution in [1.29, 1.82) is 5.26 Å². The lowest BCUT2D eigenvalue weighted by atomic mass is 10.1. The van der Waals surface area contributed by atoms with Crippen molar-refractivity contribution in [3.05, 3.63) is 59.7 Å². The Hall–Kier alpha value is -3.80. The van der Waals surface area contributed by atoms with Gasteiger partial charge >= 0.3 is 10.1 Å². The van der Waals surface area contributed by atoms with Crippen molar-refractivity contribution in [1.82, 2.24) is 10.2 Å². The van der Waals surface area contributed by atoms with E-state index in [0.29, 0.717) is 22.6 Å². The van der Waals surface area contributed by atoms with Gasteiger partial charge in [0.25, 0.3) is 5.91 Å². The maximum Gasteiger partial charge on any atom is 0.339 e. The van der Waals surface area contributed by atoms with Crippen LogP contribution in [0.25, 0.3) is 6.08 Å². The van der Waals surface area contributed by atoms with Gasteiger partial charge in [-0.25, -0.2) is 8.42 Å². The number of benzene rings is 2. The zero-order valence-corrected chi connectivity index (χ0v) is 20.8. The molecular formula is C21H18N4O7S3. The number of methoxy groups -OCH3 is 1. The molecule has 0 saturated carbocycles. The smallest absolute Gasteiger partial charge is 0.339 e. The van der Waals surface area contributed by atoms with Crippen molar-refractivity contribution in [2.45, 2.75) is 16.2 Å². The number of nitrogens with one attached hydrogen (secondary N) is 1. The van der Waals surface area contributed by atoms with Gasteiger partial charge in [-0.05, 0) is 48.0 Å². The Morgan fingerprint density at radius 2 is 1.69 bits per heavy atom. The van der Waals surface area contributed by atoms with Crippen molar-refractivity contribution >= 4 is 48.4 Å². The highest BCUT2D eigenvalue weighted by atomic mass is 32.2. The lowest BCUT2D eigenvalue weighted by Crippen LogP contribution is -2.13. The number of nitriles is 1. The van der Waals surface area contributed by atoms with Crippen molar-refractivity contribution in [2.24, 2.45) is 0 Å². The number of carbonyl (C=O) groups excluding carboxylic acids is 1. The summed E-state index contributed by atoms with van der Waals surface area (Å²) in [4.78, 5) is 12.4. The summed E-state index contributed by atoms with van der Waals surface area (Å²) in [5.41, 5.74) is 0.122. The fourth-order valence-electron chi connectivity index (χ4n) is 2.53. The summed E-state index contributed by atoms with van der Waals surface area (Å²) in [6, 6.07) is 13.1. The van der Waals surface area contributed by atoms with E-state index >= 15 is 0 Å². The van der Waals surface area contributed by atoms with Gasteiger partial charge in [-0.3, -0.25) is 10.1 Å². The maximum atomic E-state index is 12.4. The summed E-state index contributed by atoms with van der Waals surface area (Å²) >= 11 is 0.675. The van der Waals surface area contributed by atoms with E-state index in [1.807, 2.05) is 0 Å². The second kappa shape index (κ2) is 10.6. The van der Waals surface area contributed by atoms with Gasteiger partial charge in [-0.2, -0.15) is 13.7 Å². The first-order valence-electron chi connectivity index (χ1n) is 9.76. The summed E-state index contributed by atoms with van der Waals surface area (Å²) in [6.45, 7) is 1.45. The van der Waals surface area contributed by atoms with Crippen LogP contribution in [0.4, 0.5) is 5.13 Å². The van der Waals surface area contributed by atoms with E-state index in [1.165, 1.54) is 68.6 Å². The minimum absolute atomic E-state index is 0.0273. The predicted octanol–water partition coefficient (Wildman–Crippen LogP) is 2.65. The zero-order chi connectivity index (χ0) is 25.6. The van der Waals surface area contributed by atoms with E-state index < -0.39 is 25.9 Å². The first-order chi connectivity index (χ1) is 16.6. The van der Waals surface area contributed by atoms with Crippen LogP contribution in [0.15, 0.2) is 63.3 Å². The molecule has 1 heterocycles. The molecule has 1 aromatic heterocycles. The molecule has 0 fully saturated rings. The lowest BCUT2D eigenvalue weighted by Gasteiger charge is -2.08. The molecular weight excluding hydrogens is 516 g/mol. The highest BCUT2D eigenvalue weighted by Gasteiger charge is 2.20. The number of rotatable bonds is 9. The quantitative estimate of drug-likeness (QED) is 0.187. The Labute approximate surface area is 205 Å². The molecule has 0 radical (unpaired) electrons. The fraction of sp³-hybridized carbons (Fsp3) is 0.143. The number of carbonyl (C=O) groups is 1. The Morgan fingerprint density at radius 1 is 1.06 bits per heavy atom. The van der Waals surface area contributed by atoms with Crippen molar-refractivity contribution < 1.29 is 30.6 Å². The van der Waals surface area contributed by atoms with Crippen LogP contribution in [0.1, 0.15) is 12.5 Å². The largest absolute Gasteiger partial charge is 0.497 e. The highest BCUT2D eigenvalue weighted by molar-refractivity contribution is 7.93. The molecule has 3 aromatic rings. The molecule has 14 heteroatoms. The van der Waals surface area contributed by atoms with Crippen molar-refractivity contribution in [3.63, 3.8) is 0 Å². The number of aromatic nitrogens is 2. The monoisotopic (exact) mass is 534 g/mol. The lowest BCUT2D eigenvalue weighted by molar-refractivity contribution is -0.112. The zero-order valence-electron chi connectivity index (χ0n) is 18.3. The number of amides is 1. The molecule has 0 saturated heterocycles. The number of nitrogens with zero attached hydrogens (tertiary/aromatic N) is 3. The van der Waals surface area contributed by atoms with Crippen LogP contribution in [0, 0.1) is 11.3 Å². The first kappa shape index (κ1) is 25.8. The highest BCUT2D eigenvalue weighted by Crippen LogP contribution is 2.23. The van der Waals surface area contributed by atoms with E-state index in [4.69, 9.17) is 8.92 Å². The van der Waals surface area contributed by atoms with Gasteiger partial charge in [-0.1, -0.05) is 30.4 Å². The van der Waals surface area contributed by atoms with Crippen LogP contribution >= 0.6 is 11.3 Å². The summed E-state index contributed by atoms with van der Waals surface area (Å²) in [6.07, 6.45) is 1.27. The molecule has 11 nitrogen and oxygen atoms in total. The van der Waals surface area contributed by atoms with Gasteiger partial charge in [0.05, 0.1) is 12.9 Å². The molecule has 2 aromatic carbocycles. The molecule has 0 unspecified atom stereocenters. The van der Waals surface area contributed by atoms with Gasteiger partial charge < -0.3 is 8.92 Å². The van der Waals surface area contributed by atoms with Gasteiger partial charge in [0.2, 0.25) is 19.3 Å². The van der Waals surface area contributed by atoms with E-state index in [0.717, 1.165) is 0 Å². The van der Waals surface area contributed by atoms with Crippen LogP contribution in [0.3, 0.4) is 0 Å². The van der Waals surface area contributed by atoms with Gasteiger partial charge in [0, 0.05) is 0 Å². The predicted molar refractivity (Wildman–Crippen MR) is 127 cm³/mol. The van der Waals surface area contributed by atoms with Gasteiger partial charge in [-0.15, -0.1) is 10.2 Å². The van der Waals surface area contributed by atoms with Gasteiger partial charge in [0.15, 0.2) is 0 Å². The SMILES string of the molecule is CCS(=O)(=O)c1nnc(NC(=O)/C(C#N)=C\c2ccc(OS(=O)(=O)c3ccc(OC)cc3)cc2)s1. The van der Waals surface area contributed by atoms with Crippen molar-refractivity contribution in [3.8, 4) is 17.6 Å². The Bertz CT molecular complexity index is 1500. The molecule has 35 heavy (non-hydrogen) atoms. The van der Waals surface area contributed by atoms with E-state index in [9.17, 15) is 26.9 Å². The van der Waals surface area contributed by atoms with Gasteiger partial charge in [0.1, 0.15) is 28.0 Å². The average molecular weight is 535 g/mol. The number of hydrogen-bond acceptors (Lipinski definition) is 11. The third kappa shape index (κ3) is 6.41. The Balaban J connectivity index is 1.71. The van der Waals surface area contributed by atoms with E-state index in [1.54, 1.807) is 6.07 Å². The first-order valence-corrected chi connectivity index (χ1v) is 13.6. The topological polar surface area (TPSA) is 165 Å². The molecule has 0 aliphatic heterocycles. The molecule has 0 aliphatic rings. The molecule has 0 atom stereocenters. The summed E-state index contributed by atoms with van der Waals surface area (Å²) in [5.74, 6) is -0.457. The minimum Gasteiger partial charge on any atom is -0.497 e. The van der Waals surface area contributed by atoms with E-state index in [2.05, 4.69) is 15.5 Å². The average Bonchev–Trinajstić information content (AvgIpc) is 3.32. The normalized spacial score (nSPS) is 12.0. The van der Waals surface area contributed by atoms with Crippen LogP contribution in [0.5, 0.6) is 11.5 Å². The number of sulfone groups is 1. The van der Waals surface area contributed by atoms with Crippen molar-refractivity contribution in [2.75, 3.05) is 18.2 Å². The molecule has 182 valence electrons. The molecule has 3 rings (SSSR count). The van der Waals surface area contributed by atoms with Crippen LogP contribution in [0.2, 0.25) is 0 Å². The van der Waals surface area contributed by atoms with E-state index in [-0.39, 0.29) is 31.4 Å². The number of anilines is 1. The third-order valence-electron chi connectivity index (χ3n) is 4.38. The standard InChI is InChI=1S/C21H18N4O7S3/c1-3-34(27,28)21-25-24-20(33-21)23-19(26)15(13-22)12-14-4-6-17(7-5-14)32-35(29,30)18-10-8-16(31-2)9-11-18/h4-12H,3H2,1-2H3,(H,23,24,26)/b15-12-. The maximum absolute atomic E-state index is 12.4. The Kier molecular flexibility index (Phi) is 7.85. The second-order valence-electron chi connectivity index (χ2n) is 6.68. The van der Waals surface area contributed by atoms with Crippen LogP contribution in [-0.2, 0) is 24.7 Å². The molecule has 0 bridgehead atoms. The summed E-state index contributed by atoms with van der Waals surface area (Å²) in [7, 11) is -6.19. The minimum atomic E-state index is -4.08. The second-order valence-corrected chi connectivity index (χ2v) is 11.7. The summed E-state index contributed by atoms with van der Waals surface area (Å²) in [5, 5.41) is 18.8. The van der Waals surface area contributed by atoms with Crippen LogP contribution < -0.4 is 14.2 Å². The molecule has 0 aliphatic carbocycles. The molecule has 0 spiro atoms. The Morgan fingerprint density at radius 3 is 2.26 bits per heavy atom. The molecule has 1 N–H and O–H groups in total. The number of hydrogen-bond donors (Lipinski definition) is 1. The fourth-order valence-corrected chi connectivity index (χ4v) is 5.44.